The predicted molar refractivity (Wildman–Crippen MR) is 123 cm³/mol. The number of carbonyl (C=O) groups is 3. The molecule has 0 aliphatic carbocycles. The van der Waals surface area contributed by atoms with Crippen LogP contribution in [0.1, 0.15) is 24.1 Å². The highest BCUT2D eigenvalue weighted by Gasteiger charge is 2.31. The fourth-order valence-corrected chi connectivity index (χ4v) is 4.94. The van der Waals surface area contributed by atoms with Crippen molar-refractivity contribution in [3.8, 4) is 0 Å². The number of thioether (sulfide) groups is 1. The molecule has 1 fully saturated rings. The van der Waals surface area contributed by atoms with Gasteiger partial charge in [-0.1, -0.05) is 48.2 Å². The molecule has 1 aliphatic heterocycles. The normalized spacial score (nSPS) is 15.2. The van der Waals surface area contributed by atoms with Crippen LogP contribution < -0.4 is 4.90 Å². The van der Waals surface area contributed by atoms with Gasteiger partial charge in [-0.3, -0.25) is 14.5 Å². The van der Waals surface area contributed by atoms with Crippen LogP contribution in [0.15, 0.2) is 52.7 Å². The number of hydrogen-bond donors (Lipinski definition) is 0. The van der Waals surface area contributed by atoms with E-state index in [2.05, 4.69) is 0 Å². The van der Waals surface area contributed by atoms with Crippen LogP contribution >= 0.6 is 35.3 Å². The Balaban J connectivity index is 1.58. The Kier molecular flexibility index (Phi) is 7.74. The number of amides is 2. The Bertz CT molecular complexity index is 911. The van der Waals surface area contributed by atoms with Gasteiger partial charge in [0.25, 0.3) is 5.91 Å². The van der Waals surface area contributed by atoms with E-state index in [0.717, 1.165) is 16.9 Å². The third-order valence-corrected chi connectivity index (χ3v) is 6.50. The zero-order valence-corrected chi connectivity index (χ0v) is 18.1. The number of benzene rings is 1. The molecule has 2 aromatic rings. The zero-order chi connectivity index (χ0) is 20.6. The lowest BCUT2D eigenvalue weighted by molar-refractivity contribution is -0.123. The van der Waals surface area contributed by atoms with Gasteiger partial charge in [0.05, 0.1) is 4.91 Å². The molecule has 3 rings (SSSR count). The average molecular weight is 445 g/mol. The third-order valence-electron chi connectivity index (χ3n) is 4.30. The number of thiocarbonyl (C=S) groups is 1. The SMILES string of the molecule is O=CCCN(C(=O)CCCN1C(=O)/C(=C\c2cccs2)SC1=S)c1ccccc1. The largest absolute Gasteiger partial charge is 0.312 e. The molecule has 1 aromatic carbocycles. The molecule has 0 saturated carbocycles. The van der Waals surface area contributed by atoms with E-state index in [1.807, 2.05) is 53.9 Å². The van der Waals surface area contributed by atoms with Gasteiger partial charge in [-0.15, -0.1) is 11.3 Å². The van der Waals surface area contributed by atoms with Gasteiger partial charge in [0.15, 0.2) is 0 Å². The number of aldehydes is 1. The van der Waals surface area contributed by atoms with Crippen molar-refractivity contribution in [2.75, 3.05) is 18.0 Å². The fourth-order valence-electron chi connectivity index (χ4n) is 2.91. The second-order valence-corrected chi connectivity index (χ2v) is 8.94. The van der Waals surface area contributed by atoms with E-state index in [4.69, 9.17) is 12.2 Å². The first-order valence-electron chi connectivity index (χ1n) is 9.18. The number of thiophene rings is 1. The van der Waals surface area contributed by atoms with E-state index in [1.165, 1.54) is 11.8 Å². The molecule has 0 N–H and O–H groups in total. The Hall–Kier alpha value is -2.29. The quantitative estimate of drug-likeness (QED) is 0.327. The summed E-state index contributed by atoms with van der Waals surface area (Å²) < 4.78 is 0.520. The van der Waals surface area contributed by atoms with Crippen LogP contribution in [0.5, 0.6) is 0 Å². The molecule has 1 aliphatic rings. The molecule has 5 nitrogen and oxygen atoms in total. The average Bonchev–Trinajstić information content (AvgIpc) is 3.33. The van der Waals surface area contributed by atoms with Crippen molar-refractivity contribution in [1.82, 2.24) is 4.90 Å². The van der Waals surface area contributed by atoms with E-state index >= 15 is 0 Å². The summed E-state index contributed by atoms with van der Waals surface area (Å²) >= 11 is 8.21. The molecule has 29 heavy (non-hydrogen) atoms. The molecule has 2 heterocycles. The van der Waals surface area contributed by atoms with Crippen molar-refractivity contribution >= 4 is 69.5 Å². The van der Waals surface area contributed by atoms with Gasteiger partial charge in [0, 0.05) is 36.5 Å². The maximum absolute atomic E-state index is 12.7. The minimum atomic E-state index is -0.110. The van der Waals surface area contributed by atoms with Gasteiger partial charge in [0.2, 0.25) is 5.91 Å². The summed E-state index contributed by atoms with van der Waals surface area (Å²) in [5.41, 5.74) is 0.767. The molecule has 8 heteroatoms. The van der Waals surface area contributed by atoms with Gasteiger partial charge in [-0.25, -0.2) is 0 Å². The maximum Gasteiger partial charge on any atom is 0.266 e. The lowest BCUT2D eigenvalue weighted by Gasteiger charge is -2.22. The smallest absolute Gasteiger partial charge is 0.266 e. The molecule has 1 aromatic heterocycles. The molecule has 2 amide bonds. The molecule has 1 saturated heterocycles. The standard InChI is InChI=1S/C21H20N2O3S3/c24-13-6-12-22(16-7-2-1-3-8-16)19(25)10-4-11-23-20(26)18(29-21(23)27)15-17-9-5-14-28-17/h1-3,5,7-9,13-15H,4,6,10-12H2/b18-15+. The van der Waals surface area contributed by atoms with Crippen LogP contribution in [0.4, 0.5) is 5.69 Å². The van der Waals surface area contributed by atoms with Crippen molar-refractivity contribution < 1.29 is 14.4 Å². The first-order valence-corrected chi connectivity index (χ1v) is 11.3. The van der Waals surface area contributed by atoms with Gasteiger partial charge >= 0.3 is 0 Å². The van der Waals surface area contributed by atoms with Crippen LogP contribution in [0.3, 0.4) is 0 Å². The van der Waals surface area contributed by atoms with E-state index in [9.17, 15) is 14.4 Å². The summed E-state index contributed by atoms with van der Waals surface area (Å²) in [6.45, 7) is 0.742. The number of anilines is 1. The van der Waals surface area contributed by atoms with Crippen molar-refractivity contribution in [3.05, 3.63) is 57.6 Å². The van der Waals surface area contributed by atoms with E-state index < -0.39 is 0 Å². The monoisotopic (exact) mass is 444 g/mol. The summed E-state index contributed by atoms with van der Waals surface area (Å²) in [6.07, 6.45) is 3.72. The van der Waals surface area contributed by atoms with E-state index in [0.29, 0.717) is 28.7 Å². The van der Waals surface area contributed by atoms with Crippen molar-refractivity contribution in [1.29, 1.82) is 0 Å². The van der Waals surface area contributed by atoms with Crippen molar-refractivity contribution in [2.45, 2.75) is 19.3 Å². The molecule has 0 bridgehead atoms. The Labute approximate surface area is 183 Å². The van der Waals surface area contributed by atoms with Crippen LogP contribution in [0.25, 0.3) is 6.08 Å². The summed E-state index contributed by atoms with van der Waals surface area (Å²) in [5.74, 6) is -0.181. The maximum atomic E-state index is 12.7. The Morgan fingerprint density at radius 3 is 2.66 bits per heavy atom. The number of rotatable bonds is 9. The van der Waals surface area contributed by atoms with Crippen LogP contribution in [-0.2, 0) is 14.4 Å². The minimum absolute atomic E-state index is 0.0716. The second-order valence-electron chi connectivity index (χ2n) is 6.29. The summed E-state index contributed by atoms with van der Waals surface area (Å²) in [4.78, 5) is 40.9. The lowest BCUT2D eigenvalue weighted by atomic mass is 10.2. The molecule has 0 atom stereocenters. The summed E-state index contributed by atoms with van der Waals surface area (Å²) in [5, 5.41) is 1.96. The number of nitrogens with zero attached hydrogens (tertiary/aromatic N) is 2. The van der Waals surface area contributed by atoms with Crippen LogP contribution in [0, 0.1) is 0 Å². The number of para-hydroxylation sites is 1. The molecular weight excluding hydrogens is 424 g/mol. The van der Waals surface area contributed by atoms with Crippen LogP contribution in [0.2, 0.25) is 0 Å². The highest BCUT2D eigenvalue weighted by atomic mass is 32.2. The van der Waals surface area contributed by atoms with Crippen molar-refractivity contribution in [3.63, 3.8) is 0 Å². The van der Waals surface area contributed by atoms with Gasteiger partial charge in [0.1, 0.15) is 10.6 Å². The predicted octanol–water partition coefficient (Wildman–Crippen LogP) is 4.35. The Morgan fingerprint density at radius 1 is 1.17 bits per heavy atom. The van der Waals surface area contributed by atoms with E-state index in [1.54, 1.807) is 21.1 Å². The second kappa shape index (κ2) is 10.5. The minimum Gasteiger partial charge on any atom is -0.312 e. The molecule has 0 radical (unpaired) electrons. The van der Waals surface area contributed by atoms with Crippen LogP contribution in [-0.4, -0.2) is 40.4 Å². The first-order chi connectivity index (χ1) is 14.1. The first kappa shape index (κ1) is 21.4. The number of hydrogen-bond acceptors (Lipinski definition) is 6. The molecular formula is C21H20N2O3S3. The fraction of sp³-hybridized carbons (Fsp3) is 0.238. The highest BCUT2D eigenvalue weighted by molar-refractivity contribution is 8.26. The zero-order valence-electron chi connectivity index (χ0n) is 15.7. The molecule has 0 unspecified atom stereocenters. The lowest BCUT2D eigenvalue weighted by Crippen LogP contribution is -2.34. The van der Waals surface area contributed by atoms with E-state index in [-0.39, 0.29) is 24.7 Å². The van der Waals surface area contributed by atoms with Crippen molar-refractivity contribution in [2.24, 2.45) is 0 Å². The molecule has 0 spiro atoms. The highest BCUT2D eigenvalue weighted by Crippen LogP contribution is 2.33. The Morgan fingerprint density at radius 2 is 1.97 bits per heavy atom. The third kappa shape index (κ3) is 5.62. The van der Waals surface area contributed by atoms with Gasteiger partial charge < -0.3 is 9.69 Å². The topological polar surface area (TPSA) is 57.7 Å². The van der Waals surface area contributed by atoms with Gasteiger partial charge in [-0.2, -0.15) is 0 Å². The van der Waals surface area contributed by atoms with Gasteiger partial charge in [-0.05, 0) is 36.1 Å². The summed E-state index contributed by atoms with van der Waals surface area (Å²) in [6, 6.07) is 13.2. The summed E-state index contributed by atoms with van der Waals surface area (Å²) in [7, 11) is 0. The number of carbonyl (C=O) groups excluding carboxylic acids is 3. The molecule has 150 valence electrons.